The van der Waals surface area contributed by atoms with Crippen molar-refractivity contribution < 1.29 is 27.9 Å². The van der Waals surface area contributed by atoms with Gasteiger partial charge in [-0.3, -0.25) is 9.59 Å². The van der Waals surface area contributed by atoms with Gasteiger partial charge in [-0.15, -0.1) is 11.3 Å². The lowest BCUT2D eigenvalue weighted by Gasteiger charge is -2.33. The number of aliphatic hydroxyl groups is 1. The lowest BCUT2D eigenvalue weighted by Crippen LogP contribution is -2.42. The molecule has 2 aromatic rings. The first-order valence-corrected chi connectivity index (χ1v) is 13.4. The first-order valence-electron chi connectivity index (χ1n) is 12.6. The van der Waals surface area contributed by atoms with Crippen molar-refractivity contribution in [3.05, 3.63) is 28.5 Å². The third kappa shape index (κ3) is 7.66. The van der Waals surface area contributed by atoms with Crippen molar-refractivity contribution in [2.24, 2.45) is 5.41 Å². The van der Waals surface area contributed by atoms with Crippen molar-refractivity contribution in [2.45, 2.75) is 78.6 Å². The Kier molecular flexibility index (Phi) is 8.77. The number of anilines is 1. The van der Waals surface area contributed by atoms with Crippen LogP contribution in [0.2, 0.25) is 0 Å². The maximum absolute atomic E-state index is 14.3. The third-order valence-corrected chi connectivity index (χ3v) is 7.11. The fraction of sp³-hybridized carbons (Fsp3) is 0.615. The fourth-order valence-corrected chi connectivity index (χ4v) is 4.97. The standard InChI is InChI=1S/C26H36F3N5O3S/c1-15-9-7-8-10-34(15)23(36)19-20(38-22(33-19)21(35)32-14-25(5,6)37)16-12-30-18(31-13-24(2,3)4)11-17(16)26(27,28)29/h11-12,15,37H,7-10,13-14H2,1-6H3,(H,30,31)(H,32,35)/t15-/m0/s1. The Morgan fingerprint density at radius 1 is 1.16 bits per heavy atom. The summed E-state index contributed by atoms with van der Waals surface area (Å²) < 4.78 is 42.8. The minimum Gasteiger partial charge on any atom is -0.389 e. The molecule has 0 aliphatic carbocycles. The van der Waals surface area contributed by atoms with Crippen molar-refractivity contribution in [2.75, 3.05) is 25.0 Å². The van der Waals surface area contributed by atoms with E-state index >= 15 is 0 Å². The Morgan fingerprint density at radius 2 is 1.84 bits per heavy atom. The van der Waals surface area contributed by atoms with E-state index in [-0.39, 0.29) is 45.0 Å². The molecule has 0 bridgehead atoms. The fourth-order valence-electron chi connectivity index (χ4n) is 3.98. The number of carbonyl (C=O) groups excluding carboxylic acids is 2. The van der Waals surface area contributed by atoms with Crippen molar-refractivity contribution in [3.8, 4) is 10.4 Å². The number of alkyl halides is 3. The summed E-state index contributed by atoms with van der Waals surface area (Å²) in [6, 6.07) is 0.814. The van der Waals surface area contributed by atoms with Crippen LogP contribution in [0.4, 0.5) is 19.0 Å². The molecule has 8 nitrogen and oxygen atoms in total. The highest BCUT2D eigenvalue weighted by atomic mass is 32.1. The molecular formula is C26H36F3N5O3S. The van der Waals surface area contributed by atoms with Gasteiger partial charge in [0, 0.05) is 37.4 Å². The summed E-state index contributed by atoms with van der Waals surface area (Å²) in [4.78, 5) is 36.4. The zero-order chi connectivity index (χ0) is 28.5. The average Bonchev–Trinajstić information content (AvgIpc) is 3.25. The lowest BCUT2D eigenvalue weighted by atomic mass is 9.97. The highest BCUT2D eigenvalue weighted by Gasteiger charge is 2.38. The second-order valence-electron chi connectivity index (χ2n) is 11.6. The Labute approximate surface area is 225 Å². The van der Waals surface area contributed by atoms with Gasteiger partial charge in [-0.2, -0.15) is 13.2 Å². The number of pyridine rings is 1. The molecule has 38 heavy (non-hydrogen) atoms. The molecule has 2 amide bonds. The minimum absolute atomic E-state index is 0.0567. The van der Waals surface area contributed by atoms with Gasteiger partial charge in [0.2, 0.25) is 0 Å². The maximum atomic E-state index is 14.3. The number of rotatable bonds is 7. The quantitative estimate of drug-likeness (QED) is 0.434. The summed E-state index contributed by atoms with van der Waals surface area (Å²) in [6.07, 6.45) is -1.17. The molecular weight excluding hydrogens is 519 g/mol. The van der Waals surface area contributed by atoms with Gasteiger partial charge < -0.3 is 20.6 Å². The van der Waals surface area contributed by atoms with Gasteiger partial charge >= 0.3 is 6.18 Å². The van der Waals surface area contributed by atoms with E-state index in [2.05, 4.69) is 20.6 Å². The number of nitrogens with zero attached hydrogens (tertiary/aromatic N) is 3. The summed E-state index contributed by atoms with van der Waals surface area (Å²) in [7, 11) is 0. The predicted molar refractivity (Wildman–Crippen MR) is 141 cm³/mol. The molecule has 1 aliphatic rings. The van der Waals surface area contributed by atoms with Gasteiger partial charge in [0.25, 0.3) is 11.8 Å². The van der Waals surface area contributed by atoms with Gasteiger partial charge in [0.15, 0.2) is 5.01 Å². The lowest BCUT2D eigenvalue weighted by molar-refractivity contribution is -0.137. The van der Waals surface area contributed by atoms with Crippen LogP contribution < -0.4 is 10.6 Å². The zero-order valence-corrected chi connectivity index (χ0v) is 23.4. The number of likely N-dealkylation sites (tertiary alicyclic amines) is 1. The van der Waals surface area contributed by atoms with E-state index in [1.165, 1.54) is 13.8 Å². The third-order valence-electron chi connectivity index (χ3n) is 6.02. The summed E-state index contributed by atoms with van der Waals surface area (Å²) in [5.41, 5.74) is -2.89. The molecule has 0 saturated carbocycles. The number of hydrogen-bond acceptors (Lipinski definition) is 7. The largest absolute Gasteiger partial charge is 0.417 e. The molecule has 0 unspecified atom stereocenters. The van der Waals surface area contributed by atoms with Crippen LogP contribution in [-0.4, -0.2) is 63.1 Å². The topological polar surface area (TPSA) is 107 Å². The smallest absolute Gasteiger partial charge is 0.389 e. The van der Waals surface area contributed by atoms with Crippen LogP contribution >= 0.6 is 11.3 Å². The summed E-state index contributed by atoms with van der Waals surface area (Å²) in [5, 5.41) is 15.3. The Morgan fingerprint density at radius 3 is 2.42 bits per heavy atom. The van der Waals surface area contributed by atoms with Gasteiger partial charge in [-0.1, -0.05) is 20.8 Å². The molecule has 12 heteroatoms. The van der Waals surface area contributed by atoms with Crippen LogP contribution in [0.5, 0.6) is 0 Å². The number of piperidine rings is 1. The van der Waals surface area contributed by atoms with E-state index in [1.54, 1.807) is 4.90 Å². The first-order chi connectivity index (χ1) is 17.5. The van der Waals surface area contributed by atoms with Crippen LogP contribution in [0.25, 0.3) is 10.4 Å². The van der Waals surface area contributed by atoms with Gasteiger partial charge in [0.05, 0.1) is 16.0 Å². The highest BCUT2D eigenvalue weighted by molar-refractivity contribution is 7.17. The summed E-state index contributed by atoms with van der Waals surface area (Å²) >= 11 is 0.706. The van der Waals surface area contributed by atoms with Crippen LogP contribution in [0.15, 0.2) is 12.3 Å². The number of nitrogens with one attached hydrogen (secondary N) is 2. The Balaban J connectivity index is 2.11. The Hall–Kier alpha value is -2.73. The van der Waals surface area contributed by atoms with Gasteiger partial charge in [-0.05, 0) is 51.5 Å². The average molecular weight is 556 g/mol. The van der Waals surface area contributed by atoms with Gasteiger partial charge in [0.1, 0.15) is 11.5 Å². The summed E-state index contributed by atoms with van der Waals surface area (Å²) in [6.45, 7) is 11.5. The van der Waals surface area contributed by atoms with Crippen molar-refractivity contribution in [1.29, 1.82) is 0 Å². The molecule has 1 saturated heterocycles. The molecule has 2 aromatic heterocycles. The number of carbonyl (C=O) groups is 2. The molecule has 3 heterocycles. The minimum atomic E-state index is -4.75. The van der Waals surface area contributed by atoms with Gasteiger partial charge in [-0.25, -0.2) is 9.97 Å². The molecule has 1 aliphatic heterocycles. The van der Waals surface area contributed by atoms with Crippen molar-refractivity contribution in [1.82, 2.24) is 20.2 Å². The highest BCUT2D eigenvalue weighted by Crippen LogP contribution is 2.42. The SMILES string of the molecule is C[C@H]1CCCCN1C(=O)c1nc(C(=O)NCC(C)(C)O)sc1-c1cnc(NCC(C)(C)C)cc1C(F)(F)F. The van der Waals surface area contributed by atoms with E-state index in [0.717, 1.165) is 31.5 Å². The normalized spacial score (nSPS) is 16.9. The van der Waals surface area contributed by atoms with Crippen LogP contribution in [-0.2, 0) is 6.18 Å². The van der Waals surface area contributed by atoms with Crippen LogP contribution in [0.3, 0.4) is 0 Å². The molecule has 3 N–H and O–H groups in total. The van der Waals surface area contributed by atoms with Crippen molar-refractivity contribution >= 4 is 29.0 Å². The van der Waals surface area contributed by atoms with E-state index < -0.39 is 29.2 Å². The zero-order valence-electron chi connectivity index (χ0n) is 22.6. The van der Waals surface area contributed by atoms with Crippen LogP contribution in [0.1, 0.15) is 86.7 Å². The van der Waals surface area contributed by atoms with E-state index in [4.69, 9.17) is 0 Å². The number of halogens is 3. The molecule has 0 radical (unpaired) electrons. The molecule has 0 aromatic carbocycles. The number of amides is 2. The molecule has 0 spiro atoms. The number of hydrogen-bond donors (Lipinski definition) is 3. The second kappa shape index (κ2) is 11.2. The first kappa shape index (κ1) is 29.8. The molecule has 1 fully saturated rings. The Bertz CT molecular complexity index is 1170. The second-order valence-corrected chi connectivity index (χ2v) is 12.6. The maximum Gasteiger partial charge on any atom is 0.417 e. The van der Waals surface area contributed by atoms with E-state index in [1.807, 2.05) is 27.7 Å². The molecule has 3 rings (SSSR count). The predicted octanol–water partition coefficient (Wildman–Crippen LogP) is 5.20. The number of thiazole rings is 1. The number of aromatic nitrogens is 2. The monoisotopic (exact) mass is 555 g/mol. The van der Waals surface area contributed by atoms with E-state index in [0.29, 0.717) is 24.4 Å². The summed E-state index contributed by atoms with van der Waals surface area (Å²) in [5.74, 6) is -1.15. The molecule has 210 valence electrons. The van der Waals surface area contributed by atoms with Crippen molar-refractivity contribution in [3.63, 3.8) is 0 Å². The van der Waals surface area contributed by atoms with Crippen LogP contribution in [0, 0.1) is 5.41 Å². The van der Waals surface area contributed by atoms with E-state index in [9.17, 15) is 27.9 Å². The molecule has 1 atom stereocenters.